The van der Waals surface area contributed by atoms with Crippen LogP contribution in [0.3, 0.4) is 0 Å². The van der Waals surface area contributed by atoms with E-state index in [0.717, 1.165) is 10.7 Å². The Morgan fingerprint density at radius 1 is 1.43 bits per heavy atom. The summed E-state index contributed by atoms with van der Waals surface area (Å²) in [6, 6.07) is 1.57. The second-order valence-corrected chi connectivity index (χ2v) is 7.04. The Labute approximate surface area is 142 Å². The van der Waals surface area contributed by atoms with Crippen LogP contribution in [0.2, 0.25) is 0 Å². The van der Waals surface area contributed by atoms with Gasteiger partial charge in [-0.25, -0.2) is 14.8 Å². The van der Waals surface area contributed by atoms with Crippen LogP contribution in [0.5, 0.6) is 0 Å². The van der Waals surface area contributed by atoms with E-state index < -0.39 is 5.97 Å². The van der Waals surface area contributed by atoms with Crippen LogP contribution >= 0.6 is 23.1 Å². The molecule has 0 atom stereocenters. The Kier molecular flexibility index (Phi) is 5.95. The molecule has 0 aromatic carbocycles. The van der Waals surface area contributed by atoms with Crippen molar-refractivity contribution in [3.05, 3.63) is 38.2 Å². The predicted octanol–water partition coefficient (Wildman–Crippen LogP) is 2.83. The first-order chi connectivity index (χ1) is 10.9. The SMILES string of the molecule is CCOC(=O)c1csc(CSc2nc(C(C)C)cc(=O)n2C)n1. The lowest BCUT2D eigenvalue weighted by Gasteiger charge is -2.10. The van der Waals surface area contributed by atoms with Gasteiger partial charge in [-0.15, -0.1) is 11.3 Å². The van der Waals surface area contributed by atoms with Crippen LogP contribution in [-0.2, 0) is 17.5 Å². The van der Waals surface area contributed by atoms with Crippen molar-refractivity contribution < 1.29 is 9.53 Å². The fourth-order valence-electron chi connectivity index (χ4n) is 1.76. The average molecular weight is 353 g/mol. The maximum atomic E-state index is 12.0. The number of hydrogen-bond donors (Lipinski definition) is 0. The maximum absolute atomic E-state index is 12.0. The topological polar surface area (TPSA) is 74.1 Å². The molecule has 23 heavy (non-hydrogen) atoms. The number of carbonyl (C=O) groups is 1. The second kappa shape index (κ2) is 7.74. The van der Waals surface area contributed by atoms with Crippen molar-refractivity contribution in [3.63, 3.8) is 0 Å². The first-order valence-electron chi connectivity index (χ1n) is 7.24. The van der Waals surface area contributed by atoms with Gasteiger partial charge in [0.1, 0.15) is 5.01 Å². The number of thioether (sulfide) groups is 1. The summed E-state index contributed by atoms with van der Waals surface area (Å²) in [6.07, 6.45) is 0. The first kappa shape index (κ1) is 17.7. The van der Waals surface area contributed by atoms with Gasteiger partial charge in [-0.3, -0.25) is 9.36 Å². The van der Waals surface area contributed by atoms with Crippen LogP contribution in [0.4, 0.5) is 0 Å². The van der Waals surface area contributed by atoms with E-state index in [1.165, 1.54) is 27.7 Å². The average Bonchev–Trinajstić information content (AvgIpc) is 2.97. The molecule has 8 heteroatoms. The number of nitrogens with zero attached hydrogens (tertiary/aromatic N) is 3. The van der Waals surface area contributed by atoms with Crippen molar-refractivity contribution in [3.8, 4) is 0 Å². The Morgan fingerprint density at radius 3 is 2.83 bits per heavy atom. The number of esters is 1. The molecule has 2 rings (SSSR count). The number of ether oxygens (including phenoxy) is 1. The molecule has 0 fully saturated rings. The lowest BCUT2D eigenvalue weighted by molar-refractivity contribution is 0.0520. The van der Waals surface area contributed by atoms with Crippen molar-refractivity contribution in [1.82, 2.24) is 14.5 Å². The van der Waals surface area contributed by atoms with Gasteiger partial charge in [-0.2, -0.15) is 0 Å². The van der Waals surface area contributed by atoms with Crippen LogP contribution in [0.25, 0.3) is 0 Å². The Morgan fingerprint density at radius 2 is 2.17 bits per heavy atom. The summed E-state index contributed by atoms with van der Waals surface area (Å²) >= 11 is 2.83. The summed E-state index contributed by atoms with van der Waals surface area (Å²) in [5.41, 5.74) is 1.03. The van der Waals surface area contributed by atoms with Crippen molar-refractivity contribution in [2.45, 2.75) is 37.6 Å². The van der Waals surface area contributed by atoms with E-state index in [9.17, 15) is 9.59 Å². The Balaban J connectivity index is 2.12. The van der Waals surface area contributed by atoms with E-state index in [4.69, 9.17) is 4.74 Å². The zero-order valence-electron chi connectivity index (χ0n) is 13.5. The molecule has 0 unspecified atom stereocenters. The van der Waals surface area contributed by atoms with Gasteiger partial charge in [0.25, 0.3) is 5.56 Å². The highest BCUT2D eigenvalue weighted by atomic mass is 32.2. The third-order valence-corrected chi connectivity index (χ3v) is 5.14. The standard InChI is InChI=1S/C15H19N3O3S2/c1-5-21-14(20)11-7-22-12(16-11)8-23-15-17-10(9(2)3)6-13(19)18(15)4/h6-7,9H,5,8H2,1-4H3. The Bertz CT molecular complexity index is 753. The molecule has 2 aromatic rings. The van der Waals surface area contributed by atoms with Crippen molar-refractivity contribution in [2.75, 3.05) is 6.61 Å². The summed E-state index contributed by atoms with van der Waals surface area (Å²) in [6.45, 7) is 6.09. The zero-order valence-corrected chi connectivity index (χ0v) is 15.2. The highest BCUT2D eigenvalue weighted by Crippen LogP contribution is 2.23. The molecule has 0 spiro atoms. The summed E-state index contributed by atoms with van der Waals surface area (Å²) in [5, 5.41) is 3.13. The summed E-state index contributed by atoms with van der Waals surface area (Å²) < 4.78 is 6.45. The van der Waals surface area contributed by atoms with Gasteiger partial charge in [-0.05, 0) is 12.8 Å². The van der Waals surface area contributed by atoms with E-state index >= 15 is 0 Å². The van der Waals surface area contributed by atoms with Crippen molar-refractivity contribution >= 4 is 29.1 Å². The van der Waals surface area contributed by atoms with Gasteiger partial charge in [0.15, 0.2) is 10.9 Å². The minimum Gasteiger partial charge on any atom is -0.461 e. The number of rotatable bonds is 6. The zero-order chi connectivity index (χ0) is 17.0. The Hall–Kier alpha value is -1.67. The van der Waals surface area contributed by atoms with Gasteiger partial charge >= 0.3 is 5.97 Å². The normalized spacial score (nSPS) is 11.0. The smallest absolute Gasteiger partial charge is 0.357 e. The highest BCUT2D eigenvalue weighted by Gasteiger charge is 2.13. The molecule has 0 N–H and O–H groups in total. The molecule has 2 heterocycles. The molecule has 0 bridgehead atoms. The highest BCUT2D eigenvalue weighted by molar-refractivity contribution is 7.98. The van der Waals surface area contributed by atoms with Crippen LogP contribution < -0.4 is 5.56 Å². The molecule has 2 aromatic heterocycles. The van der Waals surface area contributed by atoms with Gasteiger partial charge in [0, 0.05) is 18.5 Å². The predicted molar refractivity (Wildman–Crippen MR) is 91.2 cm³/mol. The summed E-state index contributed by atoms with van der Waals surface area (Å²) in [4.78, 5) is 32.4. The lowest BCUT2D eigenvalue weighted by atomic mass is 10.1. The largest absolute Gasteiger partial charge is 0.461 e. The maximum Gasteiger partial charge on any atom is 0.357 e. The second-order valence-electron chi connectivity index (χ2n) is 5.15. The number of hydrogen-bond acceptors (Lipinski definition) is 7. The first-order valence-corrected chi connectivity index (χ1v) is 9.11. The molecule has 6 nitrogen and oxygen atoms in total. The minimum absolute atomic E-state index is 0.0717. The molecule has 0 aliphatic carbocycles. The van der Waals surface area contributed by atoms with Gasteiger partial charge in [0.2, 0.25) is 0 Å². The van der Waals surface area contributed by atoms with E-state index in [2.05, 4.69) is 9.97 Å². The molecule has 0 aliphatic rings. The minimum atomic E-state index is -0.410. The molecule has 0 aliphatic heterocycles. The number of carbonyl (C=O) groups excluding carboxylic acids is 1. The van der Waals surface area contributed by atoms with Gasteiger partial charge in [0.05, 0.1) is 18.1 Å². The molecule has 0 saturated carbocycles. The fourth-order valence-corrected chi connectivity index (χ4v) is 3.53. The summed E-state index contributed by atoms with van der Waals surface area (Å²) in [7, 11) is 1.70. The molecule has 0 radical (unpaired) electrons. The summed E-state index contributed by atoms with van der Waals surface area (Å²) in [5.74, 6) is 0.331. The van der Waals surface area contributed by atoms with Crippen LogP contribution in [0, 0.1) is 0 Å². The van der Waals surface area contributed by atoms with E-state index in [0.29, 0.717) is 23.2 Å². The lowest BCUT2D eigenvalue weighted by Crippen LogP contribution is -2.20. The molecule has 0 amide bonds. The van der Waals surface area contributed by atoms with Crippen molar-refractivity contribution in [1.29, 1.82) is 0 Å². The molecular formula is C15H19N3O3S2. The number of aromatic nitrogens is 3. The fraction of sp³-hybridized carbons (Fsp3) is 0.467. The van der Waals surface area contributed by atoms with E-state index in [1.807, 2.05) is 13.8 Å². The van der Waals surface area contributed by atoms with Crippen molar-refractivity contribution in [2.24, 2.45) is 7.05 Å². The van der Waals surface area contributed by atoms with Gasteiger partial charge < -0.3 is 4.74 Å². The van der Waals surface area contributed by atoms with Gasteiger partial charge in [-0.1, -0.05) is 25.6 Å². The van der Waals surface area contributed by atoms with E-state index in [1.54, 1.807) is 25.4 Å². The third-order valence-electron chi connectivity index (χ3n) is 3.07. The quantitative estimate of drug-likeness (QED) is 0.452. The molecule has 0 saturated heterocycles. The molecule has 124 valence electrons. The van der Waals surface area contributed by atoms with Crippen LogP contribution in [0.15, 0.2) is 21.4 Å². The van der Waals surface area contributed by atoms with Crippen LogP contribution in [0.1, 0.15) is 47.9 Å². The van der Waals surface area contributed by atoms with E-state index in [-0.39, 0.29) is 11.5 Å². The number of thiazole rings is 1. The monoisotopic (exact) mass is 353 g/mol. The molecular weight excluding hydrogens is 334 g/mol. The van der Waals surface area contributed by atoms with Crippen LogP contribution in [-0.4, -0.2) is 27.1 Å². The third kappa shape index (κ3) is 4.42.